The van der Waals surface area contributed by atoms with Crippen molar-refractivity contribution in [2.45, 2.75) is 72.1 Å². The van der Waals surface area contributed by atoms with Crippen LogP contribution in [0.25, 0.3) is 0 Å². The summed E-state index contributed by atoms with van der Waals surface area (Å²) < 4.78 is 0. The van der Waals surface area contributed by atoms with Crippen molar-refractivity contribution in [1.29, 1.82) is 0 Å². The number of rotatable bonds is 1. The van der Waals surface area contributed by atoms with Crippen LogP contribution in [0.3, 0.4) is 0 Å². The van der Waals surface area contributed by atoms with Crippen LogP contribution < -0.4 is 0 Å². The van der Waals surface area contributed by atoms with Crippen LogP contribution in [0.1, 0.15) is 72.1 Å². The van der Waals surface area contributed by atoms with Gasteiger partial charge in [0.15, 0.2) is 0 Å². The molecule has 0 aromatic carbocycles. The van der Waals surface area contributed by atoms with Crippen LogP contribution in [-0.2, 0) is 0 Å². The maximum absolute atomic E-state index is 2.65. The Labute approximate surface area is 108 Å². The lowest BCUT2D eigenvalue weighted by atomic mass is 9.53. The molecule has 0 radical (unpaired) electrons. The molecule has 3 rings (SSSR count). The van der Waals surface area contributed by atoms with E-state index in [1.54, 1.807) is 25.7 Å². The van der Waals surface area contributed by atoms with E-state index in [0.717, 1.165) is 35.0 Å². The van der Waals surface area contributed by atoms with Gasteiger partial charge in [0.1, 0.15) is 0 Å². The summed E-state index contributed by atoms with van der Waals surface area (Å²) in [6, 6.07) is 0. The summed E-state index contributed by atoms with van der Waals surface area (Å²) in [5.74, 6) is 5.37. The van der Waals surface area contributed by atoms with Gasteiger partial charge in [-0.05, 0) is 67.1 Å². The summed E-state index contributed by atoms with van der Waals surface area (Å²) in [5, 5.41) is 0. The van der Waals surface area contributed by atoms with Crippen LogP contribution >= 0.6 is 0 Å². The Bertz CT molecular complexity index is 282. The van der Waals surface area contributed by atoms with E-state index in [-0.39, 0.29) is 0 Å². The molecule has 17 heavy (non-hydrogen) atoms. The van der Waals surface area contributed by atoms with E-state index < -0.39 is 0 Å². The second-order valence-corrected chi connectivity index (χ2v) is 7.57. The fraction of sp³-hybridized carbons (Fsp3) is 1.00. The molecular weight excluding hydrogens is 204 g/mol. The Morgan fingerprint density at radius 2 is 1.82 bits per heavy atom. The van der Waals surface area contributed by atoms with Gasteiger partial charge in [0.25, 0.3) is 0 Å². The van der Waals surface area contributed by atoms with Crippen molar-refractivity contribution in [2.24, 2.45) is 35.0 Å². The Hall–Kier alpha value is 0. The Balaban J connectivity index is 1.84. The maximum atomic E-state index is 2.65. The SMILES string of the molecule is CCC1CCC2C3CCCC(C)C3CCC12C. The normalized spacial score (nSPS) is 54.2. The van der Waals surface area contributed by atoms with Gasteiger partial charge in [0, 0.05) is 0 Å². The van der Waals surface area contributed by atoms with Gasteiger partial charge >= 0.3 is 0 Å². The van der Waals surface area contributed by atoms with Crippen molar-refractivity contribution in [2.75, 3.05) is 0 Å². The van der Waals surface area contributed by atoms with Crippen LogP contribution in [0.4, 0.5) is 0 Å². The zero-order chi connectivity index (χ0) is 12.0. The highest BCUT2D eigenvalue weighted by Gasteiger charge is 2.54. The zero-order valence-corrected chi connectivity index (χ0v) is 12.0. The largest absolute Gasteiger partial charge is 0.0651 e. The van der Waals surface area contributed by atoms with Crippen molar-refractivity contribution < 1.29 is 0 Å². The molecule has 0 N–H and O–H groups in total. The summed E-state index contributed by atoms with van der Waals surface area (Å²) in [4.78, 5) is 0. The number of hydrogen-bond donors (Lipinski definition) is 0. The minimum absolute atomic E-state index is 0.729. The van der Waals surface area contributed by atoms with Gasteiger partial charge in [-0.2, -0.15) is 0 Å². The summed E-state index contributed by atoms with van der Waals surface area (Å²) in [5.41, 5.74) is 0.729. The van der Waals surface area contributed by atoms with Crippen molar-refractivity contribution >= 4 is 0 Å². The van der Waals surface area contributed by atoms with E-state index in [4.69, 9.17) is 0 Å². The smallest absolute Gasteiger partial charge is 0.0266 e. The number of hydrogen-bond acceptors (Lipinski definition) is 0. The van der Waals surface area contributed by atoms with Crippen molar-refractivity contribution in [3.8, 4) is 0 Å². The predicted molar refractivity (Wildman–Crippen MR) is 73.8 cm³/mol. The number of fused-ring (bicyclic) bond motifs is 3. The van der Waals surface area contributed by atoms with Gasteiger partial charge in [-0.25, -0.2) is 0 Å². The van der Waals surface area contributed by atoms with Crippen molar-refractivity contribution in [1.82, 2.24) is 0 Å². The zero-order valence-electron chi connectivity index (χ0n) is 12.0. The Morgan fingerprint density at radius 1 is 1.00 bits per heavy atom. The second kappa shape index (κ2) is 4.28. The molecule has 0 saturated heterocycles. The van der Waals surface area contributed by atoms with Gasteiger partial charge < -0.3 is 0 Å². The first kappa shape index (κ1) is 12.1. The van der Waals surface area contributed by atoms with E-state index in [1.165, 1.54) is 25.7 Å². The topological polar surface area (TPSA) is 0 Å². The molecule has 0 heteroatoms. The lowest BCUT2D eigenvalue weighted by Crippen LogP contribution is -2.44. The molecule has 0 aromatic rings. The lowest BCUT2D eigenvalue weighted by Gasteiger charge is -2.52. The molecule has 0 bridgehead atoms. The molecule has 0 aromatic heterocycles. The molecule has 0 heterocycles. The van der Waals surface area contributed by atoms with Crippen LogP contribution in [-0.4, -0.2) is 0 Å². The first-order valence-electron chi connectivity index (χ1n) is 8.16. The molecule has 3 aliphatic carbocycles. The standard InChI is InChI=1S/C17H30/c1-4-13-8-9-16-15-7-5-6-12(2)14(15)10-11-17(13,16)3/h12-16H,4-11H2,1-3H3. The molecule has 0 aliphatic heterocycles. The van der Waals surface area contributed by atoms with Gasteiger partial charge in [-0.15, -0.1) is 0 Å². The third-order valence-corrected chi connectivity index (χ3v) is 7.11. The maximum Gasteiger partial charge on any atom is -0.0266 e. The summed E-state index contributed by atoms with van der Waals surface area (Å²) in [7, 11) is 0. The third-order valence-electron chi connectivity index (χ3n) is 7.11. The third kappa shape index (κ3) is 1.70. The monoisotopic (exact) mass is 234 g/mol. The molecule has 0 nitrogen and oxygen atoms in total. The van der Waals surface area contributed by atoms with Gasteiger partial charge in [0.2, 0.25) is 0 Å². The van der Waals surface area contributed by atoms with E-state index in [1.807, 2.05) is 0 Å². The minimum Gasteiger partial charge on any atom is -0.0651 e. The van der Waals surface area contributed by atoms with Crippen LogP contribution in [0.2, 0.25) is 0 Å². The minimum atomic E-state index is 0.729. The fourth-order valence-corrected chi connectivity index (χ4v) is 6.11. The molecule has 3 saturated carbocycles. The van der Waals surface area contributed by atoms with Gasteiger partial charge in [-0.1, -0.05) is 40.0 Å². The van der Waals surface area contributed by atoms with Crippen molar-refractivity contribution in [3.05, 3.63) is 0 Å². The van der Waals surface area contributed by atoms with E-state index >= 15 is 0 Å². The highest BCUT2D eigenvalue weighted by molar-refractivity contribution is 5.03. The van der Waals surface area contributed by atoms with Crippen LogP contribution in [0.5, 0.6) is 0 Å². The Morgan fingerprint density at radius 3 is 2.59 bits per heavy atom. The van der Waals surface area contributed by atoms with Gasteiger partial charge in [0.05, 0.1) is 0 Å². The average molecular weight is 234 g/mol. The Kier molecular flexibility index (Phi) is 3.04. The van der Waals surface area contributed by atoms with E-state index in [2.05, 4.69) is 20.8 Å². The summed E-state index contributed by atoms with van der Waals surface area (Å²) in [6.45, 7) is 7.61. The quantitative estimate of drug-likeness (QED) is 0.579. The average Bonchev–Trinajstić information content (AvgIpc) is 2.66. The molecule has 0 amide bonds. The highest BCUT2D eigenvalue weighted by atomic mass is 14.6. The highest BCUT2D eigenvalue weighted by Crippen LogP contribution is 2.62. The molecule has 6 atom stereocenters. The van der Waals surface area contributed by atoms with Crippen molar-refractivity contribution in [3.63, 3.8) is 0 Å². The molecular formula is C17H30. The molecule has 98 valence electrons. The van der Waals surface area contributed by atoms with Crippen LogP contribution in [0, 0.1) is 35.0 Å². The predicted octanol–water partition coefficient (Wildman–Crippen LogP) is 5.28. The molecule has 3 fully saturated rings. The fourth-order valence-electron chi connectivity index (χ4n) is 6.11. The molecule has 0 spiro atoms. The first-order chi connectivity index (χ1) is 8.16. The molecule has 3 aliphatic rings. The molecule has 6 unspecified atom stereocenters. The van der Waals surface area contributed by atoms with E-state index in [0.29, 0.717) is 0 Å². The van der Waals surface area contributed by atoms with Crippen LogP contribution in [0.15, 0.2) is 0 Å². The summed E-state index contributed by atoms with van der Waals surface area (Å²) >= 11 is 0. The summed E-state index contributed by atoms with van der Waals surface area (Å²) in [6.07, 6.45) is 12.2. The van der Waals surface area contributed by atoms with E-state index in [9.17, 15) is 0 Å². The first-order valence-corrected chi connectivity index (χ1v) is 8.16. The second-order valence-electron chi connectivity index (χ2n) is 7.57. The lowest BCUT2D eigenvalue weighted by molar-refractivity contribution is -0.0294. The van der Waals surface area contributed by atoms with Gasteiger partial charge in [-0.3, -0.25) is 0 Å².